The number of halogens is 1. The summed E-state index contributed by atoms with van der Waals surface area (Å²) in [5.74, 6) is -1.79. The molecule has 0 rings (SSSR count). The van der Waals surface area contributed by atoms with E-state index >= 15 is 0 Å². The van der Waals surface area contributed by atoms with Crippen LogP contribution < -0.4 is 0 Å². The molecule has 0 heterocycles. The van der Waals surface area contributed by atoms with E-state index in [2.05, 4.69) is 9.89 Å². The second-order valence-corrected chi connectivity index (χ2v) is 2.59. The van der Waals surface area contributed by atoms with Crippen molar-refractivity contribution in [1.82, 2.24) is 0 Å². The standard InChI is InChI=1S/C8H12ClNO4/c1-3-4-14-10-7(6(11)5-9)8(12)13-2/h3-5H2,1-2H3/b10-7-. The number of carbonyl (C=O) groups excluding carboxylic acids is 2. The number of oxime groups is 1. The van der Waals surface area contributed by atoms with Crippen molar-refractivity contribution in [3.05, 3.63) is 0 Å². The maximum Gasteiger partial charge on any atom is 0.363 e. The van der Waals surface area contributed by atoms with E-state index in [1.165, 1.54) is 0 Å². The number of hydrogen-bond acceptors (Lipinski definition) is 5. The molecule has 0 radical (unpaired) electrons. The molecule has 0 aromatic heterocycles. The molecule has 0 saturated carbocycles. The van der Waals surface area contributed by atoms with Gasteiger partial charge in [-0.3, -0.25) is 4.79 Å². The molecule has 0 aromatic rings. The van der Waals surface area contributed by atoms with Gasteiger partial charge in [0.1, 0.15) is 6.61 Å². The molecular weight excluding hydrogens is 210 g/mol. The van der Waals surface area contributed by atoms with E-state index in [1.54, 1.807) is 0 Å². The van der Waals surface area contributed by atoms with E-state index in [1.807, 2.05) is 6.92 Å². The lowest BCUT2D eigenvalue weighted by Crippen LogP contribution is -2.26. The highest BCUT2D eigenvalue weighted by atomic mass is 35.5. The molecule has 0 N–H and O–H groups in total. The molecule has 0 unspecified atom stereocenters. The summed E-state index contributed by atoms with van der Waals surface area (Å²) < 4.78 is 4.34. The Morgan fingerprint density at radius 1 is 1.43 bits per heavy atom. The minimum absolute atomic E-state index is 0.329. The average Bonchev–Trinajstić information content (AvgIpc) is 2.22. The van der Waals surface area contributed by atoms with Crippen LogP contribution in [0, 0.1) is 0 Å². The summed E-state index contributed by atoms with van der Waals surface area (Å²) in [6, 6.07) is 0. The Labute approximate surface area is 87.0 Å². The number of ketones is 1. The molecule has 0 bridgehead atoms. The molecule has 0 amide bonds. The molecule has 0 aliphatic rings. The highest BCUT2D eigenvalue weighted by Crippen LogP contribution is 1.92. The minimum atomic E-state index is -0.841. The summed E-state index contributed by atoms with van der Waals surface area (Å²) in [6.07, 6.45) is 0.729. The molecule has 0 fully saturated rings. The smallest absolute Gasteiger partial charge is 0.363 e. The normalized spacial score (nSPS) is 10.9. The SMILES string of the molecule is CCCO/N=C(/C(=O)CCl)C(=O)OC. The third-order valence-corrected chi connectivity index (χ3v) is 1.46. The van der Waals surface area contributed by atoms with Gasteiger partial charge < -0.3 is 9.57 Å². The number of nitrogens with zero attached hydrogens (tertiary/aromatic N) is 1. The second-order valence-electron chi connectivity index (χ2n) is 2.32. The van der Waals surface area contributed by atoms with Gasteiger partial charge in [-0.05, 0) is 6.42 Å². The topological polar surface area (TPSA) is 65.0 Å². The van der Waals surface area contributed by atoms with Gasteiger partial charge in [0.2, 0.25) is 11.5 Å². The highest BCUT2D eigenvalue weighted by Gasteiger charge is 2.21. The van der Waals surface area contributed by atoms with Gasteiger partial charge in [-0.1, -0.05) is 12.1 Å². The summed E-state index contributed by atoms with van der Waals surface area (Å²) in [5, 5.41) is 3.36. The van der Waals surface area contributed by atoms with Crippen LogP contribution in [-0.2, 0) is 19.2 Å². The fourth-order valence-electron chi connectivity index (χ4n) is 0.563. The molecular formula is C8H12ClNO4. The zero-order chi connectivity index (χ0) is 11.0. The first kappa shape index (κ1) is 12.9. The Morgan fingerprint density at radius 2 is 2.07 bits per heavy atom. The molecule has 0 atom stereocenters. The Kier molecular flexibility index (Phi) is 6.74. The van der Waals surface area contributed by atoms with Gasteiger partial charge in [0, 0.05) is 0 Å². The van der Waals surface area contributed by atoms with E-state index in [0.29, 0.717) is 6.61 Å². The van der Waals surface area contributed by atoms with Crippen molar-refractivity contribution in [2.45, 2.75) is 13.3 Å². The van der Waals surface area contributed by atoms with Crippen LogP contribution in [-0.4, -0.2) is 37.1 Å². The summed E-state index contributed by atoms with van der Waals surface area (Å²) in [6.45, 7) is 2.20. The first-order chi connectivity index (χ1) is 6.67. The zero-order valence-corrected chi connectivity index (χ0v) is 8.84. The van der Waals surface area contributed by atoms with Crippen LogP contribution in [0.15, 0.2) is 5.16 Å². The lowest BCUT2D eigenvalue weighted by Gasteiger charge is -2.01. The predicted octanol–water partition coefficient (Wildman–Crippen LogP) is 0.750. The zero-order valence-electron chi connectivity index (χ0n) is 8.08. The molecule has 0 spiro atoms. The molecule has 80 valence electrons. The van der Waals surface area contributed by atoms with Gasteiger partial charge in [0.15, 0.2) is 0 Å². The summed E-state index contributed by atoms with van der Waals surface area (Å²) in [5.41, 5.74) is -0.407. The van der Waals surface area contributed by atoms with E-state index in [4.69, 9.17) is 16.4 Å². The number of alkyl halides is 1. The maximum absolute atomic E-state index is 11.1. The Hall–Kier alpha value is -1.10. The average molecular weight is 222 g/mol. The van der Waals surface area contributed by atoms with Crippen molar-refractivity contribution in [1.29, 1.82) is 0 Å². The molecule has 5 nitrogen and oxygen atoms in total. The van der Waals surface area contributed by atoms with E-state index in [9.17, 15) is 9.59 Å². The van der Waals surface area contributed by atoms with Gasteiger partial charge in [-0.25, -0.2) is 4.79 Å². The maximum atomic E-state index is 11.1. The molecule has 0 aromatic carbocycles. The molecule has 0 aliphatic heterocycles. The third-order valence-electron chi connectivity index (χ3n) is 1.22. The Morgan fingerprint density at radius 3 is 2.50 bits per heavy atom. The van der Waals surface area contributed by atoms with Crippen LogP contribution in [0.25, 0.3) is 0 Å². The van der Waals surface area contributed by atoms with Gasteiger partial charge in [-0.2, -0.15) is 0 Å². The first-order valence-corrected chi connectivity index (χ1v) is 4.58. The molecule has 14 heavy (non-hydrogen) atoms. The minimum Gasteiger partial charge on any atom is -0.464 e. The summed E-state index contributed by atoms with van der Waals surface area (Å²) >= 11 is 5.27. The first-order valence-electron chi connectivity index (χ1n) is 4.04. The fourth-order valence-corrected chi connectivity index (χ4v) is 0.690. The van der Waals surface area contributed by atoms with Gasteiger partial charge in [-0.15, -0.1) is 11.6 Å². The summed E-state index contributed by atoms with van der Waals surface area (Å²) in [7, 11) is 1.15. The largest absolute Gasteiger partial charge is 0.464 e. The van der Waals surface area contributed by atoms with Crippen molar-refractivity contribution in [3.8, 4) is 0 Å². The van der Waals surface area contributed by atoms with Crippen molar-refractivity contribution >= 4 is 29.1 Å². The number of methoxy groups -OCH3 is 1. The van der Waals surface area contributed by atoms with E-state index < -0.39 is 17.5 Å². The Bertz CT molecular complexity index is 221. The lowest BCUT2D eigenvalue weighted by atomic mass is 10.3. The van der Waals surface area contributed by atoms with Crippen LogP contribution in [0.5, 0.6) is 0 Å². The van der Waals surface area contributed by atoms with E-state index in [0.717, 1.165) is 13.5 Å². The monoisotopic (exact) mass is 221 g/mol. The lowest BCUT2D eigenvalue weighted by molar-refractivity contribution is -0.133. The van der Waals surface area contributed by atoms with Crippen LogP contribution in [0.1, 0.15) is 13.3 Å². The third kappa shape index (κ3) is 4.23. The van der Waals surface area contributed by atoms with Crippen molar-refractivity contribution in [3.63, 3.8) is 0 Å². The van der Waals surface area contributed by atoms with Crippen LogP contribution in [0.4, 0.5) is 0 Å². The second kappa shape index (κ2) is 7.32. The quantitative estimate of drug-likeness (QED) is 0.166. The van der Waals surface area contributed by atoms with Crippen molar-refractivity contribution in [2.75, 3.05) is 19.6 Å². The van der Waals surface area contributed by atoms with Crippen LogP contribution >= 0.6 is 11.6 Å². The fraction of sp³-hybridized carbons (Fsp3) is 0.625. The van der Waals surface area contributed by atoms with Crippen molar-refractivity contribution in [2.24, 2.45) is 5.16 Å². The number of carbonyl (C=O) groups is 2. The number of Topliss-reactive ketones (excluding diaryl/α,β-unsaturated/α-hetero) is 1. The summed E-state index contributed by atoms with van der Waals surface area (Å²) in [4.78, 5) is 26.8. The molecule has 0 saturated heterocycles. The highest BCUT2D eigenvalue weighted by molar-refractivity contribution is 6.67. The van der Waals surface area contributed by atoms with Crippen LogP contribution in [0.3, 0.4) is 0 Å². The number of rotatable bonds is 6. The predicted molar refractivity (Wildman–Crippen MR) is 51.4 cm³/mol. The van der Waals surface area contributed by atoms with Gasteiger partial charge in [0.25, 0.3) is 0 Å². The van der Waals surface area contributed by atoms with Gasteiger partial charge in [0.05, 0.1) is 13.0 Å². The van der Waals surface area contributed by atoms with Crippen LogP contribution in [0.2, 0.25) is 0 Å². The molecule has 6 heteroatoms. The number of hydrogen-bond donors (Lipinski definition) is 0. The van der Waals surface area contributed by atoms with E-state index in [-0.39, 0.29) is 5.88 Å². The van der Waals surface area contributed by atoms with Gasteiger partial charge >= 0.3 is 5.97 Å². The van der Waals surface area contributed by atoms with Crippen molar-refractivity contribution < 1.29 is 19.2 Å². The Balaban J connectivity index is 4.46. The number of ether oxygens (including phenoxy) is 1. The molecule has 0 aliphatic carbocycles. The number of esters is 1.